The second-order valence-electron chi connectivity index (χ2n) is 2.90. The van der Waals surface area contributed by atoms with Crippen molar-refractivity contribution in [3.8, 4) is 0 Å². The molecule has 2 N–H and O–H groups in total. The lowest BCUT2D eigenvalue weighted by atomic mass is 10.1. The molecule has 4 heteroatoms. The second-order valence-corrected chi connectivity index (χ2v) is 4.02. The molecule has 0 bridgehead atoms. The summed E-state index contributed by atoms with van der Waals surface area (Å²) in [4.78, 5) is 4.42. The van der Waals surface area contributed by atoms with E-state index in [9.17, 15) is 0 Å². The average Bonchev–Trinajstić information content (AvgIpc) is 2.15. The van der Waals surface area contributed by atoms with Crippen LogP contribution in [0.5, 0.6) is 0 Å². The van der Waals surface area contributed by atoms with Gasteiger partial charge in [-0.05, 0) is 19.3 Å². The van der Waals surface area contributed by atoms with Gasteiger partial charge < -0.3 is 5.73 Å². The van der Waals surface area contributed by atoms with E-state index in [0.29, 0.717) is 6.04 Å². The van der Waals surface area contributed by atoms with Crippen LogP contribution in [0.25, 0.3) is 0 Å². The summed E-state index contributed by atoms with van der Waals surface area (Å²) < 4.78 is 0. The van der Waals surface area contributed by atoms with Crippen LogP contribution >= 0.6 is 28.7 Å². The summed E-state index contributed by atoms with van der Waals surface area (Å²) in [5.41, 5.74) is 5.67. The fourth-order valence-electron chi connectivity index (χ4n) is 1.32. The highest BCUT2D eigenvalue weighted by atomic mass is 79.9. The SMILES string of the molecule is Br.CCC[C@@H]1CCCSC(N)=N1. The number of amidine groups is 1. The smallest absolute Gasteiger partial charge is 0.154 e. The standard InChI is InChI=1S/C8H16N2S.BrH/c1-2-4-7-5-3-6-11-8(9)10-7;/h7H,2-6H2,1H3,(H2,9,10);1H/t7-;/m1./s1. The third-order valence-corrected chi connectivity index (χ3v) is 2.76. The van der Waals surface area contributed by atoms with Crippen LogP contribution in [-0.2, 0) is 0 Å². The zero-order valence-corrected chi connectivity index (χ0v) is 9.98. The van der Waals surface area contributed by atoms with Gasteiger partial charge in [0.1, 0.15) is 0 Å². The molecule has 0 saturated heterocycles. The molecule has 0 radical (unpaired) electrons. The van der Waals surface area contributed by atoms with Gasteiger partial charge in [-0.15, -0.1) is 17.0 Å². The zero-order valence-electron chi connectivity index (χ0n) is 7.45. The highest BCUT2D eigenvalue weighted by molar-refractivity contribution is 8.93. The fraction of sp³-hybridized carbons (Fsp3) is 0.875. The van der Waals surface area contributed by atoms with E-state index in [1.807, 2.05) is 0 Å². The Balaban J connectivity index is 0.00000121. The van der Waals surface area contributed by atoms with E-state index in [1.165, 1.54) is 25.7 Å². The van der Waals surface area contributed by atoms with Crippen molar-refractivity contribution in [1.29, 1.82) is 0 Å². The molecule has 0 amide bonds. The summed E-state index contributed by atoms with van der Waals surface area (Å²) in [6.45, 7) is 2.20. The number of thioether (sulfide) groups is 1. The second kappa shape index (κ2) is 6.78. The molecule has 0 spiro atoms. The van der Waals surface area contributed by atoms with Crippen LogP contribution in [0.15, 0.2) is 4.99 Å². The number of nitrogens with zero attached hydrogens (tertiary/aromatic N) is 1. The normalized spacial score (nSPS) is 23.8. The van der Waals surface area contributed by atoms with Crippen LogP contribution in [0, 0.1) is 0 Å². The van der Waals surface area contributed by atoms with Crippen LogP contribution < -0.4 is 5.73 Å². The molecule has 0 aromatic carbocycles. The lowest BCUT2D eigenvalue weighted by Gasteiger charge is -2.07. The Kier molecular flexibility index (Phi) is 6.95. The van der Waals surface area contributed by atoms with Gasteiger partial charge in [0.2, 0.25) is 0 Å². The van der Waals surface area contributed by atoms with Crippen molar-refractivity contribution in [3.05, 3.63) is 0 Å². The number of rotatable bonds is 2. The van der Waals surface area contributed by atoms with E-state index in [2.05, 4.69) is 11.9 Å². The average molecular weight is 253 g/mol. The van der Waals surface area contributed by atoms with E-state index in [-0.39, 0.29) is 17.0 Å². The lowest BCUT2D eigenvalue weighted by Crippen LogP contribution is -2.10. The Morgan fingerprint density at radius 1 is 1.67 bits per heavy atom. The molecule has 0 aromatic rings. The Morgan fingerprint density at radius 3 is 3.08 bits per heavy atom. The number of hydrogen-bond acceptors (Lipinski definition) is 3. The van der Waals surface area contributed by atoms with Crippen LogP contribution in [0.4, 0.5) is 0 Å². The van der Waals surface area contributed by atoms with Gasteiger partial charge in [0.15, 0.2) is 5.17 Å². The number of hydrogen-bond donors (Lipinski definition) is 1. The monoisotopic (exact) mass is 252 g/mol. The Morgan fingerprint density at radius 2 is 2.42 bits per heavy atom. The molecular formula is C8H17BrN2S. The topological polar surface area (TPSA) is 38.4 Å². The first kappa shape index (κ1) is 12.3. The van der Waals surface area contributed by atoms with Gasteiger partial charge in [-0.1, -0.05) is 25.1 Å². The van der Waals surface area contributed by atoms with Gasteiger partial charge in [-0.25, -0.2) is 0 Å². The molecule has 0 aromatic heterocycles. The first-order valence-electron chi connectivity index (χ1n) is 4.29. The minimum Gasteiger partial charge on any atom is -0.379 e. The van der Waals surface area contributed by atoms with Crippen LogP contribution in [0.3, 0.4) is 0 Å². The van der Waals surface area contributed by atoms with E-state index >= 15 is 0 Å². The third-order valence-electron chi connectivity index (χ3n) is 1.86. The van der Waals surface area contributed by atoms with Crippen LogP contribution in [0.2, 0.25) is 0 Å². The molecule has 1 heterocycles. The predicted molar refractivity (Wildman–Crippen MR) is 62.3 cm³/mol. The van der Waals surface area contributed by atoms with Gasteiger partial charge >= 0.3 is 0 Å². The van der Waals surface area contributed by atoms with Crippen LogP contribution in [-0.4, -0.2) is 17.0 Å². The van der Waals surface area contributed by atoms with Crippen molar-refractivity contribution < 1.29 is 0 Å². The largest absolute Gasteiger partial charge is 0.379 e. The molecule has 2 nitrogen and oxygen atoms in total. The molecule has 12 heavy (non-hydrogen) atoms. The maximum absolute atomic E-state index is 5.67. The molecule has 0 saturated carbocycles. The number of halogens is 1. The van der Waals surface area contributed by atoms with Crippen LogP contribution in [0.1, 0.15) is 32.6 Å². The van der Waals surface area contributed by atoms with Gasteiger partial charge in [0.05, 0.1) is 6.04 Å². The summed E-state index contributed by atoms with van der Waals surface area (Å²) in [6, 6.07) is 0.509. The maximum Gasteiger partial charge on any atom is 0.154 e. The summed E-state index contributed by atoms with van der Waals surface area (Å²) in [5, 5.41) is 0.793. The van der Waals surface area contributed by atoms with Crippen molar-refractivity contribution in [3.63, 3.8) is 0 Å². The third kappa shape index (κ3) is 4.36. The molecule has 1 atom stereocenters. The molecule has 0 fully saturated rings. The Labute approximate surface area is 89.2 Å². The molecule has 72 valence electrons. The first-order valence-corrected chi connectivity index (χ1v) is 5.27. The molecule has 0 aliphatic carbocycles. The summed E-state index contributed by atoms with van der Waals surface area (Å²) in [7, 11) is 0. The van der Waals surface area contributed by atoms with Crippen molar-refractivity contribution in [2.24, 2.45) is 10.7 Å². The van der Waals surface area contributed by atoms with Crippen molar-refractivity contribution in [2.45, 2.75) is 38.6 Å². The highest BCUT2D eigenvalue weighted by Crippen LogP contribution is 2.17. The van der Waals surface area contributed by atoms with Gasteiger partial charge in [-0.2, -0.15) is 0 Å². The summed E-state index contributed by atoms with van der Waals surface area (Å²) >= 11 is 1.70. The Hall–Kier alpha value is 0.300. The summed E-state index contributed by atoms with van der Waals surface area (Å²) in [5.74, 6) is 1.15. The molecule has 1 rings (SSSR count). The van der Waals surface area contributed by atoms with E-state index in [1.54, 1.807) is 11.8 Å². The minimum atomic E-state index is 0. The quantitative estimate of drug-likeness (QED) is 0.821. The van der Waals surface area contributed by atoms with Crippen molar-refractivity contribution in [2.75, 3.05) is 5.75 Å². The van der Waals surface area contributed by atoms with Crippen molar-refractivity contribution >= 4 is 33.9 Å². The maximum atomic E-state index is 5.67. The van der Waals surface area contributed by atoms with E-state index in [4.69, 9.17) is 5.73 Å². The number of nitrogens with two attached hydrogens (primary N) is 1. The van der Waals surface area contributed by atoms with Gasteiger partial charge in [0.25, 0.3) is 0 Å². The minimum absolute atomic E-state index is 0. The molecule has 1 aliphatic heterocycles. The molecular weight excluding hydrogens is 236 g/mol. The summed E-state index contributed by atoms with van der Waals surface area (Å²) in [6.07, 6.45) is 4.90. The van der Waals surface area contributed by atoms with E-state index < -0.39 is 0 Å². The molecule has 0 unspecified atom stereocenters. The highest BCUT2D eigenvalue weighted by Gasteiger charge is 2.10. The molecule has 1 aliphatic rings. The first-order chi connectivity index (χ1) is 5.33. The van der Waals surface area contributed by atoms with Gasteiger partial charge in [-0.3, -0.25) is 4.99 Å². The fourth-order valence-corrected chi connectivity index (χ4v) is 2.06. The number of aliphatic imine (C=N–C) groups is 1. The van der Waals surface area contributed by atoms with E-state index in [0.717, 1.165) is 10.9 Å². The van der Waals surface area contributed by atoms with Crippen molar-refractivity contribution in [1.82, 2.24) is 0 Å². The lowest BCUT2D eigenvalue weighted by molar-refractivity contribution is 0.561. The zero-order chi connectivity index (χ0) is 8.10. The van der Waals surface area contributed by atoms with Gasteiger partial charge in [0, 0.05) is 5.75 Å². The Bertz CT molecular complexity index is 150. The predicted octanol–water partition coefficient (Wildman–Crippen LogP) is 2.57.